The lowest BCUT2D eigenvalue weighted by atomic mass is 10.0. The molecule has 6 heteroatoms. The number of benzene rings is 2. The van der Waals surface area contributed by atoms with Gasteiger partial charge in [-0.3, -0.25) is 19.3 Å². The minimum Gasteiger partial charge on any atom is -0.456 e. The van der Waals surface area contributed by atoms with Crippen LogP contribution in [0.5, 0.6) is 0 Å². The van der Waals surface area contributed by atoms with Gasteiger partial charge in [-0.2, -0.15) is 0 Å². The van der Waals surface area contributed by atoms with Crippen molar-refractivity contribution in [3.8, 4) is 0 Å². The molecule has 0 radical (unpaired) electrons. The molecule has 0 bridgehead atoms. The molecule has 0 unspecified atom stereocenters. The zero-order chi connectivity index (χ0) is 22.5. The highest BCUT2D eigenvalue weighted by Gasteiger charge is 2.44. The van der Waals surface area contributed by atoms with E-state index in [9.17, 15) is 19.2 Å². The van der Waals surface area contributed by atoms with Gasteiger partial charge in [-0.1, -0.05) is 63.6 Å². The number of nitrogens with zero attached hydrogens (tertiary/aromatic N) is 1. The number of aryl methyl sites for hydroxylation is 1. The van der Waals surface area contributed by atoms with Crippen LogP contribution in [-0.4, -0.2) is 41.1 Å². The summed E-state index contributed by atoms with van der Waals surface area (Å²) in [4.78, 5) is 51.7. The third-order valence-corrected chi connectivity index (χ3v) is 5.42. The molecule has 0 aliphatic carbocycles. The Morgan fingerprint density at radius 1 is 0.935 bits per heavy atom. The van der Waals surface area contributed by atoms with Crippen molar-refractivity contribution in [3.05, 3.63) is 70.8 Å². The summed E-state index contributed by atoms with van der Waals surface area (Å²) in [5.41, 5.74) is 2.14. The van der Waals surface area contributed by atoms with E-state index >= 15 is 0 Å². The topological polar surface area (TPSA) is 80.8 Å². The number of Topliss-reactive ketones (excluding diaryl/α,β-unsaturated/α-hetero) is 1. The number of carbonyl (C=O) groups is 4. The molecule has 2 amide bonds. The molecule has 1 heterocycles. The van der Waals surface area contributed by atoms with E-state index in [0.29, 0.717) is 5.56 Å². The molecule has 2 aromatic carbocycles. The number of unbranched alkanes of at least 4 members (excludes halogenated alkanes) is 1. The number of rotatable bonds is 9. The second kappa shape index (κ2) is 9.69. The van der Waals surface area contributed by atoms with Crippen LogP contribution in [0.2, 0.25) is 0 Å². The highest BCUT2D eigenvalue weighted by molar-refractivity contribution is 6.22. The predicted octanol–water partition coefficient (Wildman–Crippen LogP) is 4.08. The maximum absolute atomic E-state index is 12.8. The summed E-state index contributed by atoms with van der Waals surface area (Å²) in [6, 6.07) is 12.6. The highest BCUT2D eigenvalue weighted by Crippen LogP contribution is 2.27. The van der Waals surface area contributed by atoms with E-state index in [4.69, 9.17) is 4.74 Å². The lowest BCUT2D eigenvalue weighted by Gasteiger charge is -2.27. The first-order chi connectivity index (χ1) is 14.8. The van der Waals surface area contributed by atoms with E-state index in [1.54, 1.807) is 50.2 Å². The summed E-state index contributed by atoms with van der Waals surface area (Å²) in [7, 11) is 0. The van der Waals surface area contributed by atoms with Gasteiger partial charge in [-0.15, -0.1) is 0 Å². The Morgan fingerprint density at radius 2 is 1.52 bits per heavy atom. The van der Waals surface area contributed by atoms with Crippen molar-refractivity contribution in [2.45, 2.75) is 46.1 Å². The van der Waals surface area contributed by atoms with Gasteiger partial charge in [-0.05, 0) is 36.5 Å². The summed E-state index contributed by atoms with van der Waals surface area (Å²) in [5, 5.41) is 0. The second-order valence-electron chi connectivity index (χ2n) is 8.05. The Labute approximate surface area is 182 Å². The number of fused-ring (bicyclic) bond motifs is 1. The molecule has 162 valence electrons. The van der Waals surface area contributed by atoms with E-state index in [0.717, 1.165) is 29.7 Å². The fourth-order valence-electron chi connectivity index (χ4n) is 3.68. The summed E-state index contributed by atoms with van der Waals surface area (Å²) < 4.78 is 5.25. The van der Waals surface area contributed by atoms with Crippen LogP contribution in [0.4, 0.5) is 0 Å². The molecule has 0 saturated carbocycles. The van der Waals surface area contributed by atoms with E-state index in [1.807, 2.05) is 12.1 Å². The van der Waals surface area contributed by atoms with Crippen LogP contribution >= 0.6 is 0 Å². The molecule has 0 fully saturated rings. The minimum absolute atomic E-state index is 0.269. The van der Waals surface area contributed by atoms with Crippen LogP contribution in [0.25, 0.3) is 0 Å². The first-order valence-corrected chi connectivity index (χ1v) is 10.6. The molecular formula is C25H27NO5. The smallest absolute Gasteiger partial charge is 0.330 e. The monoisotopic (exact) mass is 421 g/mol. The van der Waals surface area contributed by atoms with Crippen LogP contribution in [0.15, 0.2) is 48.5 Å². The van der Waals surface area contributed by atoms with Crippen molar-refractivity contribution < 1.29 is 23.9 Å². The average molecular weight is 421 g/mol. The number of esters is 1. The second-order valence-corrected chi connectivity index (χ2v) is 8.05. The van der Waals surface area contributed by atoms with Crippen molar-refractivity contribution >= 4 is 23.6 Å². The Kier molecular flexibility index (Phi) is 7.00. The SMILES string of the molecule is CCCCc1ccc(C(=O)COC(=O)[C@H](C(C)C)N2C(=O)c3ccccc3C2=O)cc1. The average Bonchev–Trinajstić information content (AvgIpc) is 3.02. The minimum atomic E-state index is -1.10. The summed E-state index contributed by atoms with van der Waals surface area (Å²) in [5.74, 6) is -2.52. The molecule has 1 atom stereocenters. The Bertz CT molecular complexity index is 958. The fourth-order valence-corrected chi connectivity index (χ4v) is 3.68. The fraction of sp³-hybridized carbons (Fsp3) is 0.360. The van der Waals surface area contributed by atoms with Gasteiger partial charge in [0.2, 0.25) is 0 Å². The lowest BCUT2D eigenvalue weighted by molar-refractivity contribution is -0.148. The molecule has 3 rings (SSSR count). The zero-order valence-corrected chi connectivity index (χ0v) is 18.1. The summed E-state index contributed by atoms with van der Waals surface area (Å²) in [6.45, 7) is 5.14. The van der Waals surface area contributed by atoms with Crippen LogP contribution in [0, 0.1) is 5.92 Å². The molecular weight excluding hydrogens is 394 g/mol. The zero-order valence-electron chi connectivity index (χ0n) is 18.1. The third kappa shape index (κ3) is 4.74. The first-order valence-electron chi connectivity index (χ1n) is 10.6. The van der Waals surface area contributed by atoms with E-state index < -0.39 is 30.4 Å². The van der Waals surface area contributed by atoms with Gasteiger partial charge >= 0.3 is 5.97 Å². The molecule has 1 aliphatic rings. The van der Waals surface area contributed by atoms with Crippen LogP contribution in [0.1, 0.15) is 70.3 Å². The van der Waals surface area contributed by atoms with Crippen LogP contribution in [-0.2, 0) is 16.0 Å². The van der Waals surface area contributed by atoms with Crippen molar-refractivity contribution in [2.24, 2.45) is 5.92 Å². The van der Waals surface area contributed by atoms with Gasteiger partial charge in [0.05, 0.1) is 11.1 Å². The highest BCUT2D eigenvalue weighted by atomic mass is 16.5. The maximum Gasteiger partial charge on any atom is 0.330 e. The number of imide groups is 1. The van der Waals surface area contributed by atoms with Crippen molar-refractivity contribution in [3.63, 3.8) is 0 Å². The molecule has 1 aliphatic heterocycles. The third-order valence-electron chi connectivity index (χ3n) is 5.42. The molecule has 0 saturated heterocycles. The largest absolute Gasteiger partial charge is 0.456 e. The molecule has 2 aromatic rings. The van der Waals surface area contributed by atoms with Gasteiger partial charge in [0, 0.05) is 5.56 Å². The molecule has 0 aromatic heterocycles. The Hall–Kier alpha value is -3.28. The van der Waals surface area contributed by atoms with Crippen molar-refractivity contribution in [1.82, 2.24) is 4.90 Å². The predicted molar refractivity (Wildman–Crippen MR) is 116 cm³/mol. The standard InChI is InChI=1S/C25H27NO5/c1-4-5-8-17-11-13-18(14-12-17)21(27)15-31-25(30)22(16(2)3)26-23(28)19-9-6-7-10-20(19)24(26)29/h6-7,9-14,16,22H,4-5,8,15H2,1-3H3/t22-/m0/s1. The van der Waals surface area contributed by atoms with E-state index in [1.165, 1.54) is 0 Å². The number of ether oxygens (including phenoxy) is 1. The van der Waals surface area contributed by atoms with Gasteiger partial charge < -0.3 is 4.74 Å². The molecule has 0 N–H and O–H groups in total. The van der Waals surface area contributed by atoms with Gasteiger partial charge in [-0.25, -0.2) is 4.79 Å². The van der Waals surface area contributed by atoms with E-state index in [2.05, 4.69) is 6.92 Å². The number of hydrogen-bond donors (Lipinski definition) is 0. The van der Waals surface area contributed by atoms with Crippen LogP contribution < -0.4 is 0 Å². The maximum atomic E-state index is 12.8. The normalized spacial score (nSPS) is 14.0. The Balaban J connectivity index is 1.67. The van der Waals surface area contributed by atoms with E-state index in [-0.39, 0.29) is 22.8 Å². The van der Waals surface area contributed by atoms with Gasteiger partial charge in [0.25, 0.3) is 11.8 Å². The number of amides is 2. The van der Waals surface area contributed by atoms with Gasteiger partial charge in [0.15, 0.2) is 12.4 Å². The molecule has 6 nitrogen and oxygen atoms in total. The van der Waals surface area contributed by atoms with Crippen molar-refractivity contribution in [1.29, 1.82) is 0 Å². The van der Waals surface area contributed by atoms with Crippen molar-refractivity contribution in [2.75, 3.05) is 6.61 Å². The summed E-state index contributed by atoms with van der Waals surface area (Å²) >= 11 is 0. The molecule has 31 heavy (non-hydrogen) atoms. The Morgan fingerprint density at radius 3 is 2.03 bits per heavy atom. The number of hydrogen-bond acceptors (Lipinski definition) is 5. The summed E-state index contributed by atoms with van der Waals surface area (Å²) in [6.07, 6.45) is 3.14. The molecule has 0 spiro atoms. The number of ketones is 1. The lowest BCUT2D eigenvalue weighted by Crippen LogP contribution is -2.49. The number of carbonyl (C=O) groups excluding carboxylic acids is 4. The van der Waals surface area contributed by atoms with Gasteiger partial charge in [0.1, 0.15) is 6.04 Å². The van der Waals surface area contributed by atoms with Crippen LogP contribution in [0.3, 0.4) is 0 Å². The quantitative estimate of drug-likeness (QED) is 0.346. The first kappa shape index (κ1) is 22.4.